The van der Waals surface area contributed by atoms with E-state index in [4.69, 9.17) is 31.1 Å². The fourth-order valence-corrected chi connectivity index (χ4v) is 4.93. The Morgan fingerprint density at radius 3 is 2.66 bits per heavy atom. The lowest BCUT2D eigenvalue weighted by Crippen LogP contribution is -2.29. The van der Waals surface area contributed by atoms with Crippen molar-refractivity contribution in [1.29, 1.82) is 0 Å². The fourth-order valence-electron chi connectivity index (χ4n) is 3.12. The molecule has 1 aliphatic rings. The van der Waals surface area contributed by atoms with Crippen molar-refractivity contribution in [3.63, 3.8) is 0 Å². The number of halogens is 4. The molecule has 3 atom stereocenters. The molecule has 1 fully saturated rings. The van der Waals surface area contributed by atoms with Gasteiger partial charge in [0.15, 0.2) is 23.2 Å². The van der Waals surface area contributed by atoms with Crippen LogP contribution in [0.4, 0.5) is 19.1 Å². The van der Waals surface area contributed by atoms with Gasteiger partial charge in [-0.1, -0.05) is 11.6 Å². The van der Waals surface area contributed by atoms with Crippen LogP contribution in [0.1, 0.15) is 26.5 Å². The maximum Gasteiger partial charge on any atom is 0.399 e. The van der Waals surface area contributed by atoms with Crippen LogP contribution in [0.2, 0.25) is 5.15 Å². The normalized spacial score (nSPS) is 23.2. The van der Waals surface area contributed by atoms with Crippen LogP contribution in [0.25, 0.3) is 11.2 Å². The highest BCUT2D eigenvalue weighted by molar-refractivity contribution is 7.55. The Morgan fingerprint density at radius 2 is 2.03 bits per heavy atom. The van der Waals surface area contributed by atoms with E-state index in [1.54, 1.807) is 0 Å². The van der Waals surface area contributed by atoms with Crippen molar-refractivity contribution in [3.05, 3.63) is 11.5 Å². The van der Waals surface area contributed by atoms with Gasteiger partial charge in [0.25, 0.3) is 0 Å². The van der Waals surface area contributed by atoms with E-state index in [0.29, 0.717) is 0 Å². The fraction of sp³-hybridized carbons (Fsp3) is 0.667. The molecule has 0 unspecified atom stereocenters. The lowest BCUT2D eigenvalue weighted by atomic mass is 10.0. The molecule has 0 aromatic carbocycles. The second-order valence-electron chi connectivity index (χ2n) is 6.33. The first-order chi connectivity index (χ1) is 13.6. The van der Waals surface area contributed by atoms with Gasteiger partial charge in [-0.2, -0.15) is 18.7 Å². The molecule has 0 radical (unpaired) electrons. The van der Waals surface area contributed by atoms with Gasteiger partial charge in [-0.05, 0) is 13.8 Å². The molecule has 2 N–H and O–H groups in total. The van der Waals surface area contributed by atoms with Gasteiger partial charge in [0, 0.05) is 12.3 Å². The maximum absolute atomic E-state index is 15.0. The Kier molecular flexibility index (Phi) is 6.40. The van der Waals surface area contributed by atoms with Crippen LogP contribution in [-0.2, 0) is 18.3 Å². The van der Waals surface area contributed by atoms with Gasteiger partial charge in [-0.25, -0.2) is 9.37 Å². The first-order valence-electron chi connectivity index (χ1n) is 8.81. The summed E-state index contributed by atoms with van der Waals surface area (Å²) in [4.78, 5) is 11.7. The smallest absolute Gasteiger partial charge is 0.368 e. The van der Waals surface area contributed by atoms with Crippen LogP contribution < -0.4 is 5.73 Å². The van der Waals surface area contributed by atoms with Crippen molar-refractivity contribution in [2.24, 2.45) is 5.92 Å². The predicted octanol–water partition coefficient (Wildman–Crippen LogP) is 3.79. The molecule has 2 aromatic heterocycles. The Bertz CT molecular complexity index is 923. The van der Waals surface area contributed by atoms with Crippen molar-refractivity contribution < 1.29 is 31.5 Å². The number of alkyl halides is 3. The van der Waals surface area contributed by atoms with Crippen molar-refractivity contribution in [2.45, 2.75) is 38.3 Å². The number of hydrogen-bond acceptors (Lipinski definition) is 8. The minimum Gasteiger partial charge on any atom is -0.368 e. The van der Waals surface area contributed by atoms with Gasteiger partial charge in [0.1, 0.15) is 5.52 Å². The van der Waals surface area contributed by atoms with Gasteiger partial charge in [0.2, 0.25) is 5.95 Å². The third-order valence-electron chi connectivity index (χ3n) is 4.38. The molecule has 3 rings (SSSR count). The number of hydrogen-bond donors (Lipinski definition) is 1. The molecule has 1 saturated heterocycles. The van der Waals surface area contributed by atoms with Crippen LogP contribution in [0.5, 0.6) is 0 Å². The largest absolute Gasteiger partial charge is 0.399 e. The Hall–Kier alpha value is -1.46. The minimum atomic E-state index is -4.76. The van der Waals surface area contributed by atoms with E-state index in [2.05, 4.69) is 15.0 Å². The molecular weight excluding hydrogens is 438 g/mol. The molecule has 1 aliphatic heterocycles. The average Bonchev–Trinajstić information content (AvgIpc) is 3.19. The van der Waals surface area contributed by atoms with E-state index in [9.17, 15) is 13.3 Å². The highest BCUT2D eigenvalue weighted by Gasteiger charge is 2.56. The quantitative estimate of drug-likeness (QED) is 0.470. The van der Waals surface area contributed by atoms with Crippen molar-refractivity contribution in [3.8, 4) is 0 Å². The topological polar surface area (TPSA) is 114 Å². The van der Waals surface area contributed by atoms with E-state index < -0.39 is 38.0 Å². The van der Waals surface area contributed by atoms with Crippen LogP contribution >= 0.6 is 19.2 Å². The monoisotopic (exact) mass is 457 g/mol. The molecule has 3 heterocycles. The summed E-state index contributed by atoms with van der Waals surface area (Å²) in [5.74, 6) is -1.42. The number of imidazole rings is 1. The Labute approximate surface area is 169 Å². The molecule has 0 aliphatic carbocycles. The zero-order chi connectivity index (χ0) is 21.4. The van der Waals surface area contributed by atoms with Crippen molar-refractivity contribution in [1.82, 2.24) is 19.5 Å². The molecule has 0 spiro atoms. The van der Waals surface area contributed by atoms with Crippen molar-refractivity contribution >= 4 is 36.3 Å². The summed E-state index contributed by atoms with van der Waals surface area (Å²) in [7, 11) is -4.76. The van der Waals surface area contributed by atoms with E-state index >= 15 is 4.39 Å². The standard InChI is InChI=1S/C15H20ClF3N5O4P/c1-3-27-29(25,28-4-2)15(18,19)5-8-6-26-13(9(8)17)24-7-21-10-11(16)22-14(20)23-12(10)24/h7-9,13H,3-6H2,1-2H3,(H2,20,22,23)/t8-,9-,13+/m0/s1. The van der Waals surface area contributed by atoms with Gasteiger partial charge in [-0.15, -0.1) is 0 Å². The number of fused-ring (bicyclic) bond motifs is 1. The lowest BCUT2D eigenvalue weighted by molar-refractivity contribution is 0.00950. The number of aromatic nitrogens is 4. The van der Waals surface area contributed by atoms with Crippen molar-refractivity contribution in [2.75, 3.05) is 25.6 Å². The van der Waals surface area contributed by atoms with E-state index in [1.807, 2.05) is 0 Å². The van der Waals surface area contributed by atoms with E-state index in [0.717, 1.165) is 0 Å². The summed E-state index contributed by atoms with van der Waals surface area (Å²) in [5.41, 5.74) is 1.95. The molecule has 9 nitrogen and oxygen atoms in total. The van der Waals surface area contributed by atoms with Gasteiger partial charge in [-0.3, -0.25) is 9.13 Å². The summed E-state index contributed by atoms with van der Waals surface area (Å²) in [6.45, 7) is 2.01. The molecule has 2 aromatic rings. The number of nitrogens with zero attached hydrogens (tertiary/aromatic N) is 4. The Morgan fingerprint density at radius 1 is 1.38 bits per heavy atom. The van der Waals surface area contributed by atoms with Crippen LogP contribution in [0.3, 0.4) is 0 Å². The van der Waals surface area contributed by atoms with Gasteiger partial charge >= 0.3 is 13.3 Å². The Balaban J connectivity index is 1.83. The summed E-state index contributed by atoms with van der Waals surface area (Å²) in [6.07, 6.45) is -3.02. The second-order valence-corrected chi connectivity index (χ2v) is 8.85. The third-order valence-corrected chi connectivity index (χ3v) is 6.82. The average molecular weight is 458 g/mol. The third kappa shape index (κ3) is 4.09. The number of ether oxygens (including phenoxy) is 1. The molecule has 14 heteroatoms. The van der Waals surface area contributed by atoms with Crippen LogP contribution in [0, 0.1) is 5.92 Å². The zero-order valence-corrected chi connectivity index (χ0v) is 17.2. The van der Waals surface area contributed by atoms with Crippen LogP contribution in [0.15, 0.2) is 6.33 Å². The lowest BCUT2D eigenvalue weighted by Gasteiger charge is -2.28. The maximum atomic E-state index is 15.0. The molecule has 0 bridgehead atoms. The summed E-state index contributed by atoms with van der Waals surface area (Å²) in [6, 6.07) is 0. The first-order valence-corrected chi connectivity index (χ1v) is 10.7. The molecule has 162 valence electrons. The number of anilines is 1. The number of rotatable bonds is 8. The summed E-state index contributed by atoms with van der Waals surface area (Å²) in [5, 5.41) is -0.0305. The summed E-state index contributed by atoms with van der Waals surface area (Å²) < 4.78 is 72.9. The highest BCUT2D eigenvalue weighted by Crippen LogP contribution is 2.64. The molecular formula is C15H20ClF3N5O4P. The van der Waals surface area contributed by atoms with E-state index in [-0.39, 0.29) is 42.1 Å². The van der Waals surface area contributed by atoms with Gasteiger partial charge in [0.05, 0.1) is 26.1 Å². The SMILES string of the molecule is CCOP(=O)(OCC)C(F)(F)C[C@H]1CO[C@@H](n2cnc3c(Cl)nc(N)nc32)[C@H]1F. The number of nitrogens with two attached hydrogens (primary N) is 1. The second kappa shape index (κ2) is 8.35. The highest BCUT2D eigenvalue weighted by atomic mass is 35.5. The zero-order valence-electron chi connectivity index (χ0n) is 15.6. The van der Waals surface area contributed by atoms with Crippen LogP contribution in [-0.4, -0.2) is 51.2 Å². The molecule has 0 amide bonds. The van der Waals surface area contributed by atoms with Gasteiger partial charge < -0.3 is 19.5 Å². The molecule has 0 saturated carbocycles. The number of nitrogen functional groups attached to an aromatic ring is 1. The summed E-state index contributed by atoms with van der Waals surface area (Å²) >= 11 is 5.94. The predicted molar refractivity (Wildman–Crippen MR) is 98.5 cm³/mol. The minimum absolute atomic E-state index is 0.0305. The molecule has 29 heavy (non-hydrogen) atoms. The van der Waals surface area contributed by atoms with E-state index in [1.165, 1.54) is 24.7 Å². The first kappa shape index (κ1) is 22.2.